The van der Waals surface area contributed by atoms with Gasteiger partial charge < -0.3 is 9.84 Å². The van der Waals surface area contributed by atoms with Crippen LogP contribution in [0.15, 0.2) is 26.1 Å². The van der Waals surface area contributed by atoms with Gasteiger partial charge in [-0.1, -0.05) is 5.16 Å². The Hall–Kier alpha value is -1.63. The lowest BCUT2D eigenvalue weighted by Gasteiger charge is -2.11. The maximum atomic E-state index is 12.0. The van der Waals surface area contributed by atoms with E-state index >= 15 is 0 Å². The van der Waals surface area contributed by atoms with Gasteiger partial charge in [-0.25, -0.2) is 4.68 Å². The van der Waals surface area contributed by atoms with E-state index in [-0.39, 0.29) is 11.6 Å². The fraction of sp³-hybridized carbons (Fsp3) is 0.417. The highest BCUT2D eigenvalue weighted by atomic mass is 79.9. The molecule has 6 nitrogen and oxygen atoms in total. The summed E-state index contributed by atoms with van der Waals surface area (Å²) in [6.07, 6.45) is 1.62. The van der Waals surface area contributed by atoms with Gasteiger partial charge in [-0.3, -0.25) is 4.79 Å². The van der Waals surface area contributed by atoms with Gasteiger partial charge in [0.15, 0.2) is 0 Å². The largest absolute Gasteiger partial charge is 0.377 e. The maximum Gasteiger partial charge on any atom is 0.283 e. The second-order valence-corrected chi connectivity index (χ2v) is 5.29. The van der Waals surface area contributed by atoms with Gasteiger partial charge in [-0.15, -0.1) is 0 Å². The normalized spacial score (nSPS) is 11.0. The molecule has 0 amide bonds. The minimum Gasteiger partial charge on any atom is -0.377 e. The first kappa shape index (κ1) is 13.8. The fourth-order valence-electron chi connectivity index (χ4n) is 1.62. The summed E-state index contributed by atoms with van der Waals surface area (Å²) in [6.45, 7) is 6.12. The smallest absolute Gasteiger partial charge is 0.283 e. The Morgan fingerprint density at radius 2 is 2.26 bits per heavy atom. The summed E-state index contributed by atoms with van der Waals surface area (Å²) in [5, 5.41) is 11.1. The van der Waals surface area contributed by atoms with Crippen molar-refractivity contribution < 1.29 is 4.52 Å². The van der Waals surface area contributed by atoms with E-state index in [0.29, 0.717) is 16.7 Å². The first-order valence-corrected chi connectivity index (χ1v) is 6.71. The molecule has 2 aromatic heterocycles. The Bertz CT molecular complexity index is 633. The molecule has 0 aromatic carbocycles. The molecule has 0 bridgehead atoms. The van der Waals surface area contributed by atoms with Gasteiger partial charge in [0, 0.05) is 6.07 Å². The molecule has 2 aromatic rings. The fourth-order valence-corrected chi connectivity index (χ4v) is 2.05. The van der Waals surface area contributed by atoms with Gasteiger partial charge in [0.25, 0.3) is 5.56 Å². The van der Waals surface area contributed by atoms with Gasteiger partial charge in [0.1, 0.15) is 15.9 Å². The highest BCUT2D eigenvalue weighted by Gasteiger charge is 2.11. The van der Waals surface area contributed by atoms with Crippen LogP contribution in [0.25, 0.3) is 0 Å². The van der Waals surface area contributed by atoms with E-state index < -0.39 is 0 Å². The molecular weight excluding hydrogens is 312 g/mol. The topological polar surface area (TPSA) is 73.0 Å². The van der Waals surface area contributed by atoms with Gasteiger partial charge in [0.05, 0.1) is 24.5 Å². The van der Waals surface area contributed by atoms with Crippen LogP contribution in [0.1, 0.15) is 31.3 Å². The SMILES string of the molecule is Cc1cc(CNc2cnn(C(C)C)c(=O)c2Br)no1. The van der Waals surface area contributed by atoms with Gasteiger partial charge in [-0.05, 0) is 36.7 Å². The lowest BCUT2D eigenvalue weighted by Crippen LogP contribution is -2.26. The Kier molecular flexibility index (Phi) is 4.04. The summed E-state index contributed by atoms with van der Waals surface area (Å²) in [6, 6.07) is 1.86. The van der Waals surface area contributed by atoms with Crippen LogP contribution in [0.3, 0.4) is 0 Å². The van der Waals surface area contributed by atoms with Crippen LogP contribution in [-0.4, -0.2) is 14.9 Å². The first-order chi connectivity index (χ1) is 8.99. The molecule has 0 radical (unpaired) electrons. The van der Waals surface area contributed by atoms with E-state index in [1.54, 1.807) is 6.20 Å². The monoisotopic (exact) mass is 326 g/mol. The number of hydrogen-bond donors (Lipinski definition) is 1. The maximum absolute atomic E-state index is 12.0. The molecule has 102 valence electrons. The van der Waals surface area contributed by atoms with Gasteiger partial charge in [0.2, 0.25) is 0 Å². The summed E-state index contributed by atoms with van der Waals surface area (Å²) < 4.78 is 6.87. The molecule has 0 aliphatic rings. The van der Waals surface area contributed by atoms with Crippen LogP contribution in [0.2, 0.25) is 0 Å². The third kappa shape index (κ3) is 3.04. The van der Waals surface area contributed by atoms with Crippen molar-refractivity contribution >= 4 is 21.6 Å². The highest BCUT2D eigenvalue weighted by molar-refractivity contribution is 9.10. The summed E-state index contributed by atoms with van der Waals surface area (Å²) in [5.74, 6) is 0.754. The second-order valence-electron chi connectivity index (χ2n) is 4.50. The van der Waals surface area contributed by atoms with Crippen LogP contribution in [0.4, 0.5) is 5.69 Å². The van der Waals surface area contributed by atoms with Crippen molar-refractivity contribution in [1.29, 1.82) is 0 Å². The van der Waals surface area contributed by atoms with Crippen molar-refractivity contribution in [2.24, 2.45) is 0 Å². The van der Waals surface area contributed by atoms with Crippen molar-refractivity contribution in [3.63, 3.8) is 0 Å². The molecule has 2 rings (SSSR count). The van der Waals surface area contributed by atoms with Crippen molar-refractivity contribution in [3.05, 3.63) is 38.5 Å². The minimum atomic E-state index is -0.156. The van der Waals surface area contributed by atoms with E-state index in [9.17, 15) is 4.79 Å². The van der Waals surface area contributed by atoms with E-state index in [2.05, 4.69) is 31.5 Å². The molecule has 0 aliphatic carbocycles. The van der Waals surface area contributed by atoms with Crippen LogP contribution < -0.4 is 10.9 Å². The first-order valence-electron chi connectivity index (χ1n) is 5.92. The van der Waals surface area contributed by atoms with E-state index in [4.69, 9.17) is 4.52 Å². The summed E-state index contributed by atoms with van der Waals surface area (Å²) in [7, 11) is 0. The summed E-state index contributed by atoms with van der Waals surface area (Å²) in [5.41, 5.74) is 1.26. The number of halogens is 1. The Labute approximate surface area is 118 Å². The zero-order chi connectivity index (χ0) is 14.0. The second kappa shape index (κ2) is 5.56. The average molecular weight is 327 g/mol. The molecule has 7 heteroatoms. The number of aryl methyl sites for hydroxylation is 1. The molecule has 0 saturated carbocycles. The molecule has 2 heterocycles. The molecule has 0 spiro atoms. The van der Waals surface area contributed by atoms with E-state index in [1.165, 1.54) is 4.68 Å². The molecule has 0 aliphatic heterocycles. The van der Waals surface area contributed by atoms with Crippen molar-refractivity contribution in [1.82, 2.24) is 14.9 Å². The van der Waals surface area contributed by atoms with Gasteiger partial charge >= 0.3 is 0 Å². The minimum absolute atomic E-state index is 0.0241. The molecule has 0 fully saturated rings. The Balaban J connectivity index is 2.18. The molecule has 19 heavy (non-hydrogen) atoms. The van der Waals surface area contributed by atoms with Crippen LogP contribution in [0.5, 0.6) is 0 Å². The van der Waals surface area contributed by atoms with Crippen LogP contribution in [-0.2, 0) is 6.54 Å². The number of hydrogen-bond acceptors (Lipinski definition) is 5. The average Bonchev–Trinajstić information content (AvgIpc) is 2.76. The Morgan fingerprint density at radius 3 is 2.84 bits per heavy atom. The van der Waals surface area contributed by atoms with Crippen molar-refractivity contribution in [2.45, 2.75) is 33.4 Å². The number of anilines is 1. The van der Waals surface area contributed by atoms with Gasteiger partial charge in [-0.2, -0.15) is 5.10 Å². The summed E-state index contributed by atoms with van der Waals surface area (Å²) >= 11 is 3.30. The van der Waals surface area contributed by atoms with Crippen molar-refractivity contribution in [3.8, 4) is 0 Å². The predicted octanol–water partition coefficient (Wildman–Crippen LogP) is 2.50. The van der Waals surface area contributed by atoms with E-state index in [1.807, 2.05) is 26.8 Å². The number of nitrogens with one attached hydrogen (secondary N) is 1. The highest BCUT2D eigenvalue weighted by Crippen LogP contribution is 2.18. The van der Waals surface area contributed by atoms with Crippen LogP contribution >= 0.6 is 15.9 Å². The number of rotatable bonds is 4. The number of nitrogens with zero attached hydrogens (tertiary/aromatic N) is 3. The van der Waals surface area contributed by atoms with Crippen LogP contribution in [0, 0.1) is 6.92 Å². The molecule has 0 saturated heterocycles. The molecular formula is C12H15BrN4O2. The predicted molar refractivity (Wildman–Crippen MR) is 75.1 cm³/mol. The molecule has 0 unspecified atom stereocenters. The zero-order valence-electron chi connectivity index (χ0n) is 11.0. The van der Waals surface area contributed by atoms with E-state index in [0.717, 1.165) is 11.5 Å². The standard InChI is InChI=1S/C12H15BrN4O2/c1-7(2)17-12(18)11(13)10(6-15-17)14-5-9-4-8(3)19-16-9/h4,6-7,14H,5H2,1-3H3. The Morgan fingerprint density at radius 1 is 1.53 bits per heavy atom. The lowest BCUT2D eigenvalue weighted by molar-refractivity contribution is 0.391. The lowest BCUT2D eigenvalue weighted by atomic mass is 10.3. The van der Waals surface area contributed by atoms with Crippen molar-refractivity contribution in [2.75, 3.05) is 5.32 Å². The molecule has 1 N–H and O–H groups in total. The zero-order valence-corrected chi connectivity index (χ0v) is 12.6. The third-order valence-corrected chi connectivity index (χ3v) is 3.34. The number of aromatic nitrogens is 3. The quantitative estimate of drug-likeness (QED) is 0.934. The third-order valence-electron chi connectivity index (χ3n) is 2.57. The molecule has 0 atom stereocenters. The summed E-state index contributed by atoms with van der Waals surface area (Å²) in [4.78, 5) is 12.0.